The maximum Gasteiger partial charge on any atom is 0.0607 e. The molecule has 2 heteroatoms. The molecule has 0 spiro atoms. The van der Waals surface area contributed by atoms with Crippen molar-refractivity contribution in [1.82, 2.24) is 4.90 Å². The first-order chi connectivity index (χ1) is 7.81. The summed E-state index contributed by atoms with van der Waals surface area (Å²) >= 11 is 5.88. The number of nitrogens with zero attached hydrogens (tertiary/aromatic N) is 1. The molecule has 1 aromatic carbocycles. The zero-order valence-corrected chi connectivity index (χ0v) is 9.82. The number of terminal acetylenes is 1. The van der Waals surface area contributed by atoms with Gasteiger partial charge in [-0.2, -0.15) is 0 Å². The van der Waals surface area contributed by atoms with Gasteiger partial charge in [0.15, 0.2) is 0 Å². The van der Waals surface area contributed by atoms with Crippen molar-refractivity contribution in [2.75, 3.05) is 13.1 Å². The van der Waals surface area contributed by atoms with Gasteiger partial charge < -0.3 is 0 Å². The van der Waals surface area contributed by atoms with Crippen LogP contribution in [0.4, 0.5) is 0 Å². The molecule has 1 nitrogen and oxygen atoms in total. The lowest BCUT2D eigenvalue weighted by atomic mass is 10.0. The SMILES string of the molecule is C#CCN1CCC=CC1c1ccc(Cl)cc1. The molecular weight excluding hydrogens is 218 g/mol. The number of benzene rings is 1. The van der Waals surface area contributed by atoms with E-state index in [2.05, 4.69) is 35.1 Å². The van der Waals surface area contributed by atoms with Crippen molar-refractivity contribution in [3.05, 3.63) is 47.0 Å². The molecule has 0 saturated carbocycles. The number of hydrogen-bond donors (Lipinski definition) is 0. The second-order valence-electron chi connectivity index (χ2n) is 3.89. The molecular formula is C14H14ClN. The van der Waals surface area contributed by atoms with E-state index in [1.165, 1.54) is 5.56 Å². The largest absolute Gasteiger partial charge is 0.281 e. The van der Waals surface area contributed by atoms with E-state index in [4.69, 9.17) is 18.0 Å². The highest BCUT2D eigenvalue weighted by molar-refractivity contribution is 6.30. The fraction of sp³-hybridized carbons (Fsp3) is 0.286. The van der Waals surface area contributed by atoms with Crippen LogP contribution in [0, 0.1) is 12.3 Å². The summed E-state index contributed by atoms with van der Waals surface area (Å²) in [4.78, 5) is 2.29. The van der Waals surface area contributed by atoms with E-state index in [1.807, 2.05) is 12.1 Å². The summed E-state index contributed by atoms with van der Waals surface area (Å²) in [7, 11) is 0. The number of rotatable bonds is 2. The molecule has 0 amide bonds. The normalized spacial score (nSPS) is 20.6. The van der Waals surface area contributed by atoms with Crippen molar-refractivity contribution < 1.29 is 0 Å². The summed E-state index contributed by atoms with van der Waals surface area (Å²) in [5, 5.41) is 0.770. The second-order valence-corrected chi connectivity index (χ2v) is 4.32. The summed E-state index contributed by atoms with van der Waals surface area (Å²) in [5.74, 6) is 2.71. The van der Waals surface area contributed by atoms with E-state index < -0.39 is 0 Å². The van der Waals surface area contributed by atoms with Gasteiger partial charge >= 0.3 is 0 Å². The maximum atomic E-state index is 5.88. The minimum atomic E-state index is 0.294. The van der Waals surface area contributed by atoms with Gasteiger partial charge in [-0.05, 0) is 24.1 Å². The van der Waals surface area contributed by atoms with Crippen LogP contribution in [0.5, 0.6) is 0 Å². The molecule has 1 aliphatic heterocycles. The average molecular weight is 232 g/mol. The Morgan fingerprint density at radius 2 is 2.12 bits per heavy atom. The van der Waals surface area contributed by atoms with Gasteiger partial charge in [-0.15, -0.1) is 6.42 Å². The molecule has 1 atom stereocenters. The highest BCUT2D eigenvalue weighted by Gasteiger charge is 2.18. The molecule has 1 aliphatic rings. The van der Waals surface area contributed by atoms with Crippen LogP contribution in [0.15, 0.2) is 36.4 Å². The maximum absolute atomic E-state index is 5.88. The smallest absolute Gasteiger partial charge is 0.0607 e. The van der Waals surface area contributed by atoms with Crippen molar-refractivity contribution in [3.63, 3.8) is 0 Å². The van der Waals surface area contributed by atoms with Crippen molar-refractivity contribution in [1.29, 1.82) is 0 Å². The molecule has 16 heavy (non-hydrogen) atoms. The van der Waals surface area contributed by atoms with E-state index in [-0.39, 0.29) is 0 Å². The van der Waals surface area contributed by atoms with E-state index in [9.17, 15) is 0 Å². The molecule has 1 aromatic rings. The van der Waals surface area contributed by atoms with Crippen LogP contribution in [0.1, 0.15) is 18.0 Å². The van der Waals surface area contributed by atoms with E-state index in [0.29, 0.717) is 12.6 Å². The molecule has 0 saturated heterocycles. The molecule has 0 aromatic heterocycles. The minimum Gasteiger partial charge on any atom is -0.281 e. The van der Waals surface area contributed by atoms with Gasteiger partial charge in [0, 0.05) is 11.6 Å². The first-order valence-electron chi connectivity index (χ1n) is 5.41. The first kappa shape index (κ1) is 11.3. The van der Waals surface area contributed by atoms with Gasteiger partial charge in [0.2, 0.25) is 0 Å². The zero-order chi connectivity index (χ0) is 11.4. The minimum absolute atomic E-state index is 0.294. The third-order valence-electron chi connectivity index (χ3n) is 2.80. The summed E-state index contributed by atoms with van der Waals surface area (Å²) in [5.41, 5.74) is 1.25. The van der Waals surface area contributed by atoms with E-state index in [0.717, 1.165) is 18.0 Å². The molecule has 2 rings (SSSR count). The predicted octanol–water partition coefficient (Wildman–Crippen LogP) is 3.28. The summed E-state index contributed by atoms with van der Waals surface area (Å²) in [6.45, 7) is 1.71. The Labute approximate surface area is 102 Å². The summed E-state index contributed by atoms with van der Waals surface area (Å²) < 4.78 is 0. The van der Waals surface area contributed by atoms with Crippen LogP contribution in [-0.4, -0.2) is 18.0 Å². The van der Waals surface area contributed by atoms with Gasteiger partial charge in [0.1, 0.15) is 0 Å². The Balaban J connectivity index is 2.23. The van der Waals surface area contributed by atoms with Crippen LogP contribution >= 0.6 is 11.6 Å². The van der Waals surface area contributed by atoms with Crippen LogP contribution < -0.4 is 0 Å². The number of halogens is 1. The Kier molecular flexibility index (Phi) is 3.66. The van der Waals surface area contributed by atoms with Gasteiger partial charge in [0.05, 0.1) is 12.6 Å². The van der Waals surface area contributed by atoms with Crippen LogP contribution in [-0.2, 0) is 0 Å². The fourth-order valence-electron chi connectivity index (χ4n) is 2.00. The summed E-state index contributed by atoms with van der Waals surface area (Å²) in [6.07, 6.45) is 10.9. The van der Waals surface area contributed by atoms with Crippen molar-refractivity contribution in [2.45, 2.75) is 12.5 Å². The quantitative estimate of drug-likeness (QED) is 0.558. The molecule has 0 aliphatic carbocycles. The predicted molar refractivity (Wildman–Crippen MR) is 68.4 cm³/mol. The number of hydrogen-bond acceptors (Lipinski definition) is 1. The van der Waals surface area contributed by atoms with Crippen LogP contribution in [0.25, 0.3) is 0 Å². The third-order valence-corrected chi connectivity index (χ3v) is 3.05. The first-order valence-corrected chi connectivity index (χ1v) is 5.78. The average Bonchev–Trinajstić information content (AvgIpc) is 2.32. The summed E-state index contributed by atoms with van der Waals surface area (Å²) in [6, 6.07) is 8.26. The van der Waals surface area contributed by atoms with Crippen molar-refractivity contribution >= 4 is 11.6 Å². The van der Waals surface area contributed by atoms with E-state index in [1.54, 1.807) is 0 Å². The highest BCUT2D eigenvalue weighted by Crippen LogP contribution is 2.26. The third kappa shape index (κ3) is 2.47. The zero-order valence-electron chi connectivity index (χ0n) is 9.07. The van der Waals surface area contributed by atoms with Gasteiger partial charge in [0.25, 0.3) is 0 Å². The molecule has 0 fully saturated rings. The Bertz CT molecular complexity index is 413. The molecule has 0 N–H and O–H groups in total. The lowest BCUT2D eigenvalue weighted by molar-refractivity contribution is 0.254. The lowest BCUT2D eigenvalue weighted by Crippen LogP contribution is -2.31. The van der Waals surface area contributed by atoms with Gasteiger partial charge in [-0.25, -0.2) is 0 Å². The van der Waals surface area contributed by atoms with Crippen LogP contribution in [0.3, 0.4) is 0 Å². The topological polar surface area (TPSA) is 3.24 Å². The second kappa shape index (κ2) is 5.21. The van der Waals surface area contributed by atoms with Gasteiger partial charge in [-0.3, -0.25) is 4.90 Å². The van der Waals surface area contributed by atoms with Crippen LogP contribution in [0.2, 0.25) is 5.02 Å². The molecule has 1 heterocycles. The molecule has 0 bridgehead atoms. The Hall–Kier alpha value is -1.23. The Morgan fingerprint density at radius 1 is 1.38 bits per heavy atom. The molecule has 82 valence electrons. The van der Waals surface area contributed by atoms with Crippen molar-refractivity contribution in [3.8, 4) is 12.3 Å². The highest BCUT2D eigenvalue weighted by atomic mass is 35.5. The Morgan fingerprint density at radius 3 is 2.81 bits per heavy atom. The lowest BCUT2D eigenvalue weighted by Gasteiger charge is -2.30. The standard InChI is InChI=1S/C14H14ClN/c1-2-10-16-11-4-3-5-14(16)12-6-8-13(15)9-7-12/h1,3,5-9,14H,4,10-11H2. The van der Waals surface area contributed by atoms with Crippen molar-refractivity contribution in [2.24, 2.45) is 0 Å². The fourth-order valence-corrected chi connectivity index (χ4v) is 2.13. The van der Waals surface area contributed by atoms with E-state index >= 15 is 0 Å². The van der Waals surface area contributed by atoms with Gasteiger partial charge in [-0.1, -0.05) is 41.8 Å². The monoisotopic (exact) mass is 231 g/mol. The molecule has 1 unspecified atom stereocenters. The molecule has 0 radical (unpaired) electrons.